The Kier molecular flexibility index (Phi) is 3.86. The second-order valence-corrected chi connectivity index (χ2v) is 5.26. The van der Waals surface area contributed by atoms with Gasteiger partial charge in [0, 0.05) is 11.1 Å². The number of furan rings is 1. The highest BCUT2D eigenvalue weighted by molar-refractivity contribution is 5.77. The predicted molar refractivity (Wildman–Crippen MR) is 90.4 cm³/mol. The van der Waals surface area contributed by atoms with Crippen LogP contribution in [0.25, 0.3) is 22.6 Å². The molecule has 0 saturated heterocycles. The number of hydrogen-bond acceptors (Lipinski definition) is 4. The van der Waals surface area contributed by atoms with Crippen molar-refractivity contribution in [3.05, 3.63) is 84.8 Å². The van der Waals surface area contributed by atoms with Crippen molar-refractivity contribution in [2.24, 2.45) is 0 Å². The van der Waals surface area contributed by atoms with Gasteiger partial charge >= 0.3 is 6.08 Å². The smallest absolute Gasteiger partial charge is 0.395 e. The van der Waals surface area contributed by atoms with Gasteiger partial charge in [-0.05, 0) is 12.1 Å². The molecule has 4 nitrogen and oxygen atoms in total. The molecule has 4 heteroatoms. The van der Waals surface area contributed by atoms with Crippen LogP contribution in [0, 0.1) is 0 Å². The summed E-state index contributed by atoms with van der Waals surface area (Å²) in [5.74, 6) is 1.41. The van der Waals surface area contributed by atoms with Crippen LogP contribution in [-0.4, -0.2) is 4.98 Å². The zero-order valence-electron chi connectivity index (χ0n) is 12.9. The second kappa shape index (κ2) is 6.46. The largest absolute Gasteiger partial charge is 0.466 e. The minimum Gasteiger partial charge on any atom is -0.466 e. The zero-order chi connectivity index (χ0) is 16.2. The van der Waals surface area contributed by atoms with Gasteiger partial charge in [-0.1, -0.05) is 60.7 Å². The monoisotopic (exact) mass is 317 g/mol. The van der Waals surface area contributed by atoms with E-state index in [9.17, 15) is 0 Å². The molecule has 2 aromatic carbocycles. The van der Waals surface area contributed by atoms with E-state index < -0.39 is 0 Å². The topological polar surface area (TPSA) is 48.4 Å². The van der Waals surface area contributed by atoms with Gasteiger partial charge in [0.2, 0.25) is 0 Å². The molecule has 0 aliphatic rings. The van der Waals surface area contributed by atoms with Gasteiger partial charge < -0.3 is 13.6 Å². The molecule has 4 rings (SSSR count). The van der Waals surface area contributed by atoms with Crippen LogP contribution in [0.4, 0.5) is 0 Å². The summed E-state index contributed by atoms with van der Waals surface area (Å²) in [7, 11) is 0. The molecule has 0 saturated carbocycles. The summed E-state index contributed by atoms with van der Waals surface area (Å²) in [5, 5.41) is 0. The van der Waals surface area contributed by atoms with Crippen molar-refractivity contribution in [2.75, 3.05) is 0 Å². The highest BCUT2D eigenvalue weighted by atomic mass is 16.6. The predicted octanol–water partition coefficient (Wildman–Crippen LogP) is 5.18. The highest BCUT2D eigenvalue weighted by Crippen LogP contribution is 2.35. The van der Waals surface area contributed by atoms with Crippen LogP contribution < -0.4 is 4.74 Å². The Morgan fingerprint density at radius 3 is 2.17 bits per heavy atom. The molecule has 0 fully saturated rings. The first kappa shape index (κ1) is 14.3. The molecule has 0 amide bonds. The Hall–Kier alpha value is -3.27. The van der Waals surface area contributed by atoms with Crippen LogP contribution in [0.3, 0.4) is 0 Å². The summed E-state index contributed by atoms with van der Waals surface area (Å²) >= 11 is 0. The van der Waals surface area contributed by atoms with E-state index in [-0.39, 0.29) is 12.7 Å². The summed E-state index contributed by atoms with van der Waals surface area (Å²) in [6.07, 6.45) is 1.84. The van der Waals surface area contributed by atoms with Gasteiger partial charge in [-0.3, -0.25) is 0 Å². The van der Waals surface area contributed by atoms with E-state index in [1.54, 1.807) is 6.26 Å². The number of ether oxygens (including phenoxy) is 1. The van der Waals surface area contributed by atoms with Gasteiger partial charge in [-0.15, -0.1) is 0 Å². The van der Waals surface area contributed by atoms with Crippen LogP contribution >= 0.6 is 0 Å². The molecule has 0 aliphatic heterocycles. The summed E-state index contributed by atoms with van der Waals surface area (Å²) in [4.78, 5) is 4.53. The maximum Gasteiger partial charge on any atom is 0.395 e. The molecule has 0 bridgehead atoms. The van der Waals surface area contributed by atoms with Crippen molar-refractivity contribution in [1.29, 1.82) is 0 Å². The van der Waals surface area contributed by atoms with Gasteiger partial charge in [-0.25, -0.2) is 0 Å². The Morgan fingerprint density at radius 1 is 0.792 bits per heavy atom. The van der Waals surface area contributed by atoms with Crippen molar-refractivity contribution < 1.29 is 13.6 Å². The normalized spacial score (nSPS) is 10.7. The van der Waals surface area contributed by atoms with E-state index in [2.05, 4.69) is 4.98 Å². The molecule has 0 spiro atoms. The summed E-state index contributed by atoms with van der Waals surface area (Å²) in [6.45, 7) is 0.274. The molecule has 24 heavy (non-hydrogen) atoms. The zero-order valence-corrected chi connectivity index (χ0v) is 12.9. The fourth-order valence-electron chi connectivity index (χ4n) is 2.47. The van der Waals surface area contributed by atoms with Gasteiger partial charge in [0.05, 0.1) is 6.26 Å². The summed E-state index contributed by atoms with van der Waals surface area (Å²) in [5.41, 5.74) is 2.70. The third-order valence-electron chi connectivity index (χ3n) is 3.61. The van der Waals surface area contributed by atoms with Crippen LogP contribution in [0.1, 0.15) is 5.76 Å². The van der Waals surface area contributed by atoms with Gasteiger partial charge in [-0.2, -0.15) is 4.98 Å². The molecule has 0 atom stereocenters. The van der Waals surface area contributed by atoms with Crippen LogP contribution in [-0.2, 0) is 6.61 Å². The van der Waals surface area contributed by atoms with Crippen molar-refractivity contribution in [3.8, 4) is 28.7 Å². The Labute approximate surface area is 139 Å². The Balaban J connectivity index is 1.71. The molecule has 2 aromatic heterocycles. The van der Waals surface area contributed by atoms with Gasteiger partial charge in [0.25, 0.3) is 0 Å². The number of benzene rings is 2. The van der Waals surface area contributed by atoms with E-state index in [0.29, 0.717) is 5.76 Å². The van der Waals surface area contributed by atoms with Gasteiger partial charge in [0.1, 0.15) is 11.5 Å². The molecule has 118 valence electrons. The molecule has 0 unspecified atom stereocenters. The van der Waals surface area contributed by atoms with Gasteiger partial charge in [0.15, 0.2) is 12.4 Å². The second-order valence-electron chi connectivity index (χ2n) is 5.26. The average Bonchev–Trinajstić information content (AvgIpc) is 3.31. The fraction of sp³-hybridized carbons (Fsp3) is 0.0500. The first-order valence-corrected chi connectivity index (χ1v) is 7.67. The van der Waals surface area contributed by atoms with E-state index in [1.165, 1.54) is 0 Å². The van der Waals surface area contributed by atoms with Crippen LogP contribution in [0.15, 0.2) is 87.9 Å². The molecule has 0 radical (unpaired) electrons. The summed E-state index contributed by atoms with van der Waals surface area (Å²) in [6, 6.07) is 23.5. The quantitative estimate of drug-likeness (QED) is 0.509. The maximum atomic E-state index is 5.88. The standard InChI is InChI=1S/C20H15NO3/c1-3-8-15(9-4-1)18-19(16-10-5-2-6-11-16)24-20(21-18)23-14-17-12-7-13-22-17/h1-13H,14H2. The number of oxazole rings is 1. The number of hydrogen-bond donors (Lipinski definition) is 0. The van der Waals surface area contributed by atoms with E-state index >= 15 is 0 Å². The lowest BCUT2D eigenvalue weighted by atomic mass is 10.1. The third-order valence-corrected chi connectivity index (χ3v) is 3.61. The van der Waals surface area contributed by atoms with Crippen molar-refractivity contribution in [3.63, 3.8) is 0 Å². The maximum absolute atomic E-state index is 5.88. The number of rotatable bonds is 5. The minimum absolute atomic E-state index is 0.226. The molecule has 2 heterocycles. The summed E-state index contributed by atoms with van der Waals surface area (Å²) < 4.78 is 16.8. The molecule has 4 aromatic rings. The van der Waals surface area contributed by atoms with E-state index in [0.717, 1.165) is 22.6 Å². The first-order valence-electron chi connectivity index (χ1n) is 7.67. The lowest BCUT2D eigenvalue weighted by Crippen LogP contribution is -1.93. The number of aromatic nitrogens is 1. The molecule has 0 aliphatic carbocycles. The fourth-order valence-corrected chi connectivity index (χ4v) is 2.47. The Bertz CT molecular complexity index is 840. The molecule has 0 N–H and O–H groups in total. The molecular weight excluding hydrogens is 302 g/mol. The van der Waals surface area contributed by atoms with Crippen molar-refractivity contribution >= 4 is 0 Å². The number of nitrogens with zero attached hydrogens (tertiary/aromatic N) is 1. The average molecular weight is 317 g/mol. The van der Waals surface area contributed by atoms with Crippen molar-refractivity contribution in [2.45, 2.75) is 6.61 Å². The van der Waals surface area contributed by atoms with Crippen LogP contribution in [0.2, 0.25) is 0 Å². The molecular formula is C20H15NO3. The van der Waals surface area contributed by atoms with Crippen molar-refractivity contribution in [1.82, 2.24) is 4.98 Å². The first-order chi connectivity index (χ1) is 11.9. The Morgan fingerprint density at radius 2 is 1.50 bits per heavy atom. The van der Waals surface area contributed by atoms with Crippen LogP contribution in [0.5, 0.6) is 6.08 Å². The lowest BCUT2D eigenvalue weighted by Gasteiger charge is -2.00. The van der Waals surface area contributed by atoms with E-state index in [1.807, 2.05) is 72.8 Å². The highest BCUT2D eigenvalue weighted by Gasteiger charge is 2.17. The lowest BCUT2D eigenvalue weighted by molar-refractivity contribution is 0.202. The SMILES string of the molecule is c1ccc(-c2nc(OCc3ccco3)oc2-c2ccccc2)cc1. The third kappa shape index (κ3) is 2.94. The minimum atomic E-state index is 0.226. The van der Waals surface area contributed by atoms with E-state index in [4.69, 9.17) is 13.6 Å².